The van der Waals surface area contributed by atoms with E-state index in [4.69, 9.17) is 0 Å². The molecule has 2 atom stereocenters. The number of rotatable bonds is 7. The summed E-state index contributed by atoms with van der Waals surface area (Å²) in [5.41, 5.74) is 1.47. The number of fused-ring (bicyclic) bond motifs is 2. The van der Waals surface area contributed by atoms with Crippen molar-refractivity contribution < 1.29 is 0 Å². The third kappa shape index (κ3) is 3.52. The van der Waals surface area contributed by atoms with Crippen LogP contribution in [0.15, 0.2) is 59.4 Å². The highest BCUT2D eigenvalue weighted by Gasteiger charge is 2.45. The van der Waals surface area contributed by atoms with E-state index in [2.05, 4.69) is 38.1 Å². The second kappa shape index (κ2) is 7.84. The number of benzene rings is 2. The lowest BCUT2D eigenvalue weighted by atomic mass is 10.0. The van der Waals surface area contributed by atoms with Crippen LogP contribution >= 0.6 is 0 Å². The van der Waals surface area contributed by atoms with Crippen LogP contribution in [0.4, 0.5) is 0 Å². The molecule has 1 aliphatic carbocycles. The summed E-state index contributed by atoms with van der Waals surface area (Å²) in [6.45, 7) is 4.68. The molecule has 1 fully saturated rings. The minimum absolute atomic E-state index is 0.155. The predicted molar refractivity (Wildman–Crippen MR) is 116 cm³/mol. The predicted octanol–water partition coefficient (Wildman–Crippen LogP) is 6.75. The summed E-state index contributed by atoms with van der Waals surface area (Å²) in [7, 11) is 0. The van der Waals surface area contributed by atoms with E-state index < -0.39 is 0 Å². The molecule has 0 saturated heterocycles. The van der Waals surface area contributed by atoms with Gasteiger partial charge in [-0.25, -0.2) is 0 Å². The topological polar surface area (TPSA) is 17.1 Å². The van der Waals surface area contributed by atoms with E-state index in [1.807, 2.05) is 30.3 Å². The van der Waals surface area contributed by atoms with Crippen molar-refractivity contribution in [2.45, 2.75) is 52.4 Å². The third-order valence-corrected chi connectivity index (χ3v) is 6.74. The Hall–Kier alpha value is -2.15. The van der Waals surface area contributed by atoms with Crippen LogP contribution in [0.5, 0.6) is 0 Å². The number of unbranched alkanes of at least 4 members (excludes halogenated alkanes) is 1. The lowest BCUT2D eigenvalue weighted by molar-refractivity contribution is 0.569. The molecule has 4 rings (SSSR count). The Morgan fingerprint density at radius 1 is 0.741 bits per heavy atom. The highest BCUT2D eigenvalue weighted by Crippen LogP contribution is 2.53. The van der Waals surface area contributed by atoms with Gasteiger partial charge in [0, 0.05) is 10.8 Å². The maximum absolute atomic E-state index is 13.0. The molecule has 3 aromatic carbocycles. The molecular weight excluding hydrogens is 328 g/mol. The molecule has 0 N–H and O–H groups in total. The lowest BCUT2D eigenvalue weighted by Crippen LogP contribution is -1.98. The van der Waals surface area contributed by atoms with Crippen LogP contribution in [0, 0.1) is 17.8 Å². The Balaban J connectivity index is 1.58. The second-order valence-corrected chi connectivity index (χ2v) is 8.19. The first-order valence-electron chi connectivity index (χ1n) is 10.7. The molecule has 2 unspecified atom stereocenters. The fourth-order valence-electron chi connectivity index (χ4n) is 5.27. The van der Waals surface area contributed by atoms with Gasteiger partial charge in [0.05, 0.1) is 0 Å². The lowest BCUT2D eigenvalue weighted by Gasteiger charge is -2.04. The fraction of sp³-hybridized carbons (Fsp3) is 0.423. The van der Waals surface area contributed by atoms with E-state index in [0.717, 1.165) is 45.7 Å². The van der Waals surface area contributed by atoms with Gasteiger partial charge in [-0.05, 0) is 53.4 Å². The Kier molecular flexibility index (Phi) is 5.29. The average molecular weight is 359 g/mol. The molecular formula is C26H30O. The van der Waals surface area contributed by atoms with Gasteiger partial charge in [-0.2, -0.15) is 0 Å². The highest BCUT2D eigenvalue weighted by molar-refractivity contribution is 5.95. The van der Waals surface area contributed by atoms with Gasteiger partial charge in [0.1, 0.15) is 0 Å². The standard InChI is InChI=1S/C26H30O/c1-3-20-21(4-2)24(20)15-8-6-11-18-17-19-12-5-7-14-23(19)26(27)25-16-10-9-13-22(18)25/h5,7,9-10,12-14,16-17,20-21,24H,3-4,6,8,11,15H2,1-2H3. The normalized spacial score (nSPS) is 21.6. The Morgan fingerprint density at radius 2 is 1.37 bits per heavy atom. The molecule has 0 radical (unpaired) electrons. The van der Waals surface area contributed by atoms with Crippen LogP contribution in [0.2, 0.25) is 0 Å². The number of aryl methyl sites for hydroxylation is 1. The monoisotopic (exact) mass is 358 g/mol. The number of hydrogen-bond acceptors (Lipinski definition) is 1. The summed E-state index contributed by atoms with van der Waals surface area (Å²) in [5, 5.41) is 3.87. The molecule has 140 valence electrons. The van der Waals surface area contributed by atoms with Gasteiger partial charge in [-0.3, -0.25) is 4.79 Å². The van der Waals surface area contributed by atoms with E-state index in [9.17, 15) is 4.79 Å². The summed E-state index contributed by atoms with van der Waals surface area (Å²) < 4.78 is 0. The van der Waals surface area contributed by atoms with Crippen molar-refractivity contribution in [2.24, 2.45) is 17.8 Å². The minimum atomic E-state index is 0.155. The minimum Gasteiger partial charge on any atom is -0.289 e. The van der Waals surface area contributed by atoms with Crippen molar-refractivity contribution in [1.29, 1.82) is 0 Å². The zero-order valence-electron chi connectivity index (χ0n) is 16.6. The summed E-state index contributed by atoms with van der Waals surface area (Å²) in [5.74, 6) is 2.94. The molecule has 1 saturated carbocycles. The van der Waals surface area contributed by atoms with E-state index in [1.165, 1.54) is 37.7 Å². The molecule has 0 spiro atoms. The van der Waals surface area contributed by atoms with Crippen molar-refractivity contribution in [3.05, 3.63) is 70.4 Å². The molecule has 0 amide bonds. The van der Waals surface area contributed by atoms with Crippen LogP contribution in [0.3, 0.4) is 0 Å². The van der Waals surface area contributed by atoms with Crippen molar-refractivity contribution in [1.82, 2.24) is 0 Å². The van der Waals surface area contributed by atoms with Crippen LogP contribution in [0.1, 0.15) is 51.5 Å². The van der Waals surface area contributed by atoms with Gasteiger partial charge in [0.25, 0.3) is 0 Å². The summed E-state index contributed by atoms with van der Waals surface area (Å²) in [6.07, 6.45) is 7.63. The largest absolute Gasteiger partial charge is 0.289 e. The molecule has 0 heterocycles. The van der Waals surface area contributed by atoms with Gasteiger partial charge in [-0.15, -0.1) is 0 Å². The van der Waals surface area contributed by atoms with Crippen LogP contribution in [-0.4, -0.2) is 0 Å². The van der Waals surface area contributed by atoms with E-state index >= 15 is 0 Å². The first kappa shape index (κ1) is 18.2. The third-order valence-electron chi connectivity index (χ3n) is 6.74. The Bertz CT molecular complexity index is 994. The van der Waals surface area contributed by atoms with Crippen molar-refractivity contribution in [3.63, 3.8) is 0 Å². The smallest absolute Gasteiger partial charge is 0.194 e. The van der Waals surface area contributed by atoms with Crippen LogP contribution < -0.4 is 5.43 Å². The SMILES string of the molecule is CCC1C(CC)C1CCCCc1cc2ccccc2c(=O)c2ccccc12. The van der Waals surface area contributed by atoms with Crippen molar-refractivity contribution in [2.75, 3.05) is 0 Å². The van der Waals surface area contributed by atoms with Crippen molar-refractivity contribution in [3.8, 4) is 0 Å². The Morgan fingerprint density at radius 3 is 2.07 bits per heavy atom. The Labute approximate surface area is 162 Å². The van der Waals surface area contributed by atoms with E-state index in [0.29, 0.717) is 0 Å². The van der Waals surface area contributed by atoms with Crippen LogP contribution in [0.25, 0.3) is 21.5 Å². The van der Waals surface area contributed by atoms with Crippen molar-refractivity contribution >= 4 is 21.5 Å². The quantitative estimate of drug-likeness (QED) is 0.427. The fourth-order valence-corrected chi connectivity index (χ4v) is 5.27. The molecule has 3 aromatic rings. The molecule has 1 aliphatic rings. The molecule has 27 heavy (non-hydrogen) atoms. The zero-order chi connectivity index (χ0) is 18.8. The highest BCUT2D eigenvalue weighted by atomic mass is 16.1. The first-order chi connectivity index (χ1) is 13.2. The molecule has 0 bridgehead atoms. The molecule has 0 aromatic heterocycles. The van der Waals surface area contributed by atoms with Gasteiger partial charge in [0.2, 0.25) is 0 Å². The van der Waals surface area contributed by atoms with E-state index in [1.54, 1.807) is 0 Å². The van der Waals surface area contributed by atoms with E-state index in [-0.39, 0.29) is 5.43 Å². The maximum Gasteiger partial charge on any atom is 0.194 e. The number of hydrogen-bond donors (Lipinski definition) is 0. The molecule has 1 nitrogen and oxygen atoms in total. The first-order valence-corrected chi connectivity index (χ1v) is 10.7. The summed E-state index contributed by atoms with van der Waals surface area (Å²) in [6, 6.07) is 18.4. The summed E-state index contributed by atoms with van der Waals surface area (Å²) >= 11 is 0. The molecule has 1 heteroatoms. The molecule has 0 aliphatic heterocycles. The second-order valence-electron chi connectivity index (χ2n) is 8.19. The summed E-state index contributed by atoms with van der Waals surface area (Å²) in [4.78, 5) is 13.0. The van der Waals surface area contributed by atoms with Gasteiger partial charge >= 0.3 is 0 Å². The van der Waals surface area contributed by atoms with Gasteiger partial charge in [-0.1, -0.05) is 87.7 Å². The van der Waals surface area contributed by atoms with Gasteiger partial charge in [0.15, 0.2) is 5.43 Å². The average Bonchev–Trinajstić information content (AvgIpc) is 3.43. The van der Waals surface area contributed by atoms with Crippen LogP contribution in [-0.2, 0) is 6.42 Å². The van der Waals surface area contributed by atoms with Gasteiger partial charge < -0.3 is 0 Å². The zero-order valence-corrected chi connectivity index (χ0v) is 16.6. The maximum atomic E-state index is 13.0.